The largest absolute Gasteiger partial charge is 0.336 e. The maximum atomic E-state index is 12.9. The normalized spacial score (nSPS) is 11.6. The van der Waals surface area contributed by atoms with Crippen molar-refractivity contribution in [1.82, 2.24) is 5.32 Å². The first kappa shape index (κ1) is 13.1. The topological polar surface area (TPSA) is 52.9 Å². The third kappa shape index (κ3) is 3.52. The first-order valence-electron chi connectivity index (χ1n) is 5.24. The van der Waals surface area contributed by atoms with Crippen molar-refractivity contribution < 1.29 is 13.6 Å². The summed E-state index contributed by atoms with van der Waals surface area (Å²) in [5.74, 6) is -2.67. The molecular formula is C12H12F2N2O. The van der Waals surface area contributed by atoms with E-state index in [9.17, 15) is 13.6 Å². The smallest absolute Gasteiger partial charge is 0.252 e. The van der Waals surface area contributed by atoms with Crippen molar-refractivity contribution in [2.75, 3.05) is 0 Å². The van der Waals surface area contributed by atoms with Gasteiger partial charge in [0.2, 0.25) is 0 Å². The highest BCUT2D eigenvalue weighted by molar-refractivity contribution is 5.94. The number of nitrogens with one attached hydrogen (secondary N) is 1. The molecule has 5 heteroatoms. The average molecular weight is 238 g/mol. The fraction of sp³-hybridized carbons (Fsp3) is 0.333. The van der Waals surface area contributed by atoms with Crippen molar-refractivity contribution in [1.29, 1.82) is 5.26 Å². The van der Waals surface area contributed by atoms with Gasteiger partial charge in [0.15, 0.2) is 11.6 Å². The highest BCUT2D eigenvalue weighted by Gasteiger charge is 2.13. The minimum atomic E-state index is -1.08. The van der Waals surface area contributed by atoms with Gasteiger partial charge in [0.05, 0.1) is 6.07 Å². The Morgan fingerprint density at radius 1 is 1.47 bits per heavy atom. The minimum absolute atomic E-state index is 0.000234. The first-order valence-corrected chi connectivity index (χ1v) is 5.24. The number of hydrogen-bond donors (Lipinski definition) is 1. The maximum Gasteiger partial charge on any atom is 0.252 e. The van der Waals surface area contributed by atoms with Gasteiger partial charge in [-0.1, -0.05) is 13.3 Å². The van der Waals surface area contributed by atoms with Gasteiger partial charge in [-0.25, -0.2) is 8.78 Å². The van der Waals surface area contributed by atoms with Crippen molar-refractivity contribution >= 4 is 5.91 Å². The molecule has 0 bridgehead atoms. The zero-order valence-corrected chi connectivity index (χ0v) is 9.34. The van der Waals surface area contributed by atoms with Crippen LogP contribution in [0.15, 0.2) is 18.2 Å². The second-order valence-corrected chi connectivity index (χ2v) is 3.57. The average Bonchev–Trinajstić information content (AvgIpc) is 2.31. The second-order valence-electron chi connectivity index (χ2n) is 3.57. The lowest BCUT2D eigenvalue weighted by Crippen LogP contribution is -2.33. The van der Waals surface area contributed by atoms with Gasteiger partial charge in [0.25, 0.3) is 5.91 Å². The molecule has 1 atom stereocenters. The summed E-state index contributed by atoms with van der Waals surface area (Å²) >= 11 is 0. The fourth-order valence-electron chi connectivity index (χ4n) is 1.34. The molecule has 1 N–H and O–H groups in total. The van der Waals surface area contributed by atoms with Crippen LogP contribution in [0.3, 0.4) is 0 Å². The summed E-state index contributed by atoms with van der Waals surface area (Å²) in [5, 5.41) is 11.2. The zero-order valence-electron chi connectivity index (χ0n) is 9.34. The van der Waals surface area contributed by atoms with E-state index in [1.165, 1.54) is 6.07 Å². The van der Waals surface area contributed by atoms with Crippen LogP contribution in [0.4, 0.5) is 8.78 Å². The molecule has 1 unspecified atom stereocenters. The van der Waals surface area contributed by atoms with E-state index in [2.05, 4.69) is 5.32 Å². The molecule has 0 aromatic heterocycles. The predicted octanol–water partition coefficient (Wildman–Crippen LogP) is 2.39. The molecule has 1 aromatic carbocycles. The molecule has 0 saturated carbocycles. The molecule has 0 fully saturated rings. The van der Waals surface area contributed by atoms with Crippen LogP contribution in [0.25, 0.3) is 0 Å². The van der Waals surface area contributed by atoms with Gasteiger partial charge in [0.1, 0.15) is 6.04 Å². The molecule has 0 aliphatic carbocycles. The Morgan fingerprint density at radius 3 is 2.71 bits per heavy atom. The molecule has 90 valence electrons. The number of nitriles is 1. The molecule has 0 aliphatic heterocycles. The third-order valence-corrected chi connectivity index (χ3v) is 2.22. The van der Waals surface area contributed by atoms with Crippen molar-refractivity contribution in [2.45, 2.75) is 25.8 Å². The monoisotopic (exact) mass is 238 g/mol. The lowest BCUT2D eigenvalue weighted by molar-refractivity contribution is 0.0943. The summed E-state index contributed by atoms with van der Waals surface area (Å²) in [6.07, 6.45) is 1.27. The van der Waals surface area contributed by atoms with Crippen LogP contribution in [0, 0.1) is 23.0 Å². The van der Waals surface area contributed by atoms with Crippen LogP contribution in [0.1, 0.15) is 30.1 Å². The summed E-state index contributed by atoms with van der Waals surface area (Å²) in [7, 11) is 0. The zero-order chi connectivity index (χ0) is 12.8. The van der Waals surface area contributed by atoms with E-state index < -0.39 is 23.6 Å². The summed E-state index contributed by atoms with van der Waals surface area (Å²) < 4.78 is 25.5. The summed E-state index contributed by atoms with van der Waals surface area (Å²) in [4.78, 5) is 11.6. The number of rotatable bonds is 4. The van der Waals surface area contributed by atoms with E-state index in [4.69, 9.17) is 5.26 Å². The Labute approximate surface area is 98.1 Å². The Kier molecular flexibility index (Phi) is 4.58. The van der Waals surface area contributed by atoms with Crippen molar-refractivity contribution in [3.8, 4) is 6.07 Å². The molecule has 0 saturated heterocycles. The molecule has 0 spiro atoms. The van der Waals surface area contributed by atoms with E-state index >= 15 is 0 Å². The van der Waals surface area contributed by atoms with Crippen molar-refractivity contribution in [3.63, 3.8) is 0 Å². The highest BCUT2D eigenvalue weighted by Crippen LogP contribution is 2.09. The molecule has 3 nitrogen and oxygen atoms in total. The minimum Gasteiger partial charge on any atom is -0.336 e. The summed E-state index contributed by atoms with van der Waals surface area (Å²) in [6.45, 7) is 1.88. The number of halogens is 2. The van der Waals surface area contributed by atoms with Crippen LogP contribution in [0.5, 0.6) is 0 Å². The predicted molar refractivity (Wildman–Crippen MR) is 58.1 cm³/mol. The Balaban J connectivity index is 2.76. The van der Waals surface area contributed by atoms with Gasteiger partial charge in [-0.2, -0.15) is 5.26 Å². The van der Waals surface area contributed by atoms with E-state index in [1.54, 1.807) is 0 Å². The number of benzene rings is 1. The van der Waals surface area contributed by atoms with Gasteiger partial charge in [-0.05, 0) is 24.6 Å². The summed E-state index contributed by atoms with van der Waals surface area (Å²) in [5.41, 5.74) is 0.000234. The molecule has 1 amide bonds. The lowest BCUT2D eigenvalue weighted by atomic mass is 10.1. The Morgan fingerprint density at radius 2 is 2.18 bits per heavy atom. The maximum absolute atomic E-state index is 12.9. The van der Waals surface area contributed by atoms with E-state index in [0.717, 1.165) is 18.6 Å². The molecular weight excluding hydrogens is 226 g/mol. The lowest BCUT2D eigenvalue weighted by Gasteiger charge is -2.10. The quantitative estimate of drug-likeness (QED) is 0.875. The van der Waals surface area contributed by atoms with Gasteiger partial charge in [-0.15, -0.1) is 0 Å². The van der Waals surface area contributed by atoms with Crippen LogP contribution < -0.4 is 5.32 Å². The first-order chi connectivity index (χ1) is 8.08. The SMILES string of the molecule is CCCC(C#N)NC(=O)c1ccc(F)c(F)c1. The molecule has 17 heavy (non-hydrogen) atoms. The number of hydrogen-bond acceptors (Lipinski definition) is 2. The van der Waals surface area contributed by atoms with Gasteiger partial charge in [-0.3, -0.25) is 4.79 Å². The number of amides is 1. The molecule has 1 rings (SSSR count). The Hall–Kier alpha value is -1.96. The molecule has 0 radical (unpaired) electrons. The van der Waals surface area contributed by atoms with Gasteiger partial charge >= 0.3 is 0 Å². The number of nitrogens with zero attached hydrogens (tertiary/aromatic N) is 1. The van der Waals surface area contributed by atoms with Crippen molar-refractivity contribution in [3.05, 3.63) is 35.4 Å². The van der Waals surface area contributed by atoms with E-state index in [1.807, 2.05) is 13.0 Å². The van der Waals surface area contributed by atoms with Crippen molar-refractivity contribution in [2.24, 2.45) is 0 Å². The molecule has 0 aliphatic rings. The highest BCUT2D eigenvalue weighted by atomic mass is 19.2. The van der Waals surface area contributed by atoms with Crippen LogP contribution in [-0.4, -0.2) is 11.9 Å². The fourth-order valence-corrected chi connectivity index (χ4v) is 1.34. The molecule has 0 heterocycles. The Bertz CT molecular complexity index is 454. The van der Waals surface area contributed by atoms with Gasteiger partial charge < -0.3 is 5.32 Å². The van der Waals surface area contributed by atoms with Crippen LogP contribution in [-0.2, 0) is 0 Å². The van der Waals surface area contributed by atoms with Crippen LogP contribution >= 0.6 is 0 Å². The molecule has 1 aromatic rings. The van der Waals surface area contributed by atoms with E-state index in [-0.39, 0.29) is 5.56 Å². The second kappa shape index (κ2) is 5.94. The van der Waals surface area contributed by atoms with Crippen LogP contribution in [0.2, 0.25) is 0 Å². The number of carbonyl (C=O) groups is 1. The standard InChI is InChI=1S/C12H12F2N2O/c1-2-3-9(7-15)16-12(17)8-4-5-10(13)11(14)6-8/h4-6,9H,2-3H2,1H3,(H,16,17). The van der Waals surface area contributed by atoms with Gasteiger partial charge in [0, 0.05) is 5.56 Å². The third-order valence-electron chi connectivity index (χ3n) is 2.22. The summed E-state index contributed by atoms with van der Waals surface area (Å²) in [6, 6.07) is 4.19. The number of carbonyl (C=O) groups excluding carboxylic acids is 1. The van der Waals surface area contributed by atoms with E-state index in [0.29, 0.717) is 6.42 Å².